The molecule has 2 aliphatic heterocycles. The molecule has 172 valence electrons. The first-order valence-corrected chi connectivity index (χ1v) is 12.3. The summed E-state index contributed by atoms with van der Waals surface area (Å²) >= 11 is 11.2. The number of amides is 4. The van der Waals surface area contributed by atoms with Gasteiger partial charge in [-0.25, -0.2) is 9.59 Å². The van der Waals surface area contributed by atoms with Crippen molar-refractivity contribution in [1.29, 1.82) is 0 Å². The molecule has 0 aromatic heterocycles. The van der Waals surface area contributed by atoms with Gasteiger partial charge in [-0.15, -0.1) is 0 Å². The van der Waals surface area contributed by atoms with Gasteiger partial charge in [-0.1, -0.05) is 24.3 Å². The lowest BCUT2D eigenvalue weighted by Crippen LogP contribution is -2.52. The van der Waals surface area contributed by atoms with Gasteiger partial charge in [0.25, 0.3) is 5.91 Å². The zero-order valence-corrected chi connectivity index (χ0v) is 19.7. The fourth-order valence-electron chi connectivity index (χ4n) is 4.23. The number of nitrogens with zero attached hydrogens (tertiary/aromatic N) is 2. The molecule has 2 fully saturated rings. The highest BCUT2D eigenvalue weighted by atomic mass is 35.5. The van der Waals surface area contributed by atoms with Gasteiger partial charge in [-0.2, -0.15) is 0 Å². The molecule has 32 heavy (non-hydrogen) atoms. The number of nitrogens with two attached hydrogens (primary N) is 1. The van der Waals surface area contributed by atoms with E-state index >= 15 is 0 Å². The van der Waals surface area contributed by atoms with Gasteiger partial charge < -0.3 is 25.4 Å². The number of fused-ring (bicyclic) bond motifs is 2. The smallest absolute Gasteiger partial charge is 0.410 e. The van der Waals surface area contributed by atoms with Gasteiger partial charge in [0.2, 0.25) is 0 Å². The van der Waals surface area contributed by atoms with Crippen LogP contribution in [0.25, 0.3) is 0 Å². The highest BCUT2D eigenvalue weighted by molar-refractivity contribution is 7.95. The molecule has 1 aromatic rings. The lowest BCUT2D eigenvalue weighted by molar-refractivity contribution is -0.130. The van der Waals surface area contributed by atoms with Crippen LogP contribution in [0.2, 0.25) is 5.02 Å². The summed E-state index contributed by atoms with van der Waals surface area (Å²) in [4.78, 5) is 38.3. The van der Waals surface area contributed by atoms with E-state index in [2.05, 4.69) is 11.9 Å². The molecule has 9 nitrogen and oxygen atoms in total. The number of hydrogen-bond acceptors (Lipinski definition) is 6. The monoisotopic (exact) mass is 498 g/mol. The highest BCUT2D eigenvalue weighted by Gasteiger charge is 2.46. The van der Waals surface area contributed by atoms with Gasteiger partial charge in [0.15, 0.2) is 6.61 Å². The van der Waals surface area contributed by atoms with Crippen LogP contribution in [0, 0.1) is 0 Å². The Kier molecular flexibility index (Phi) is 8.28. The predicted molar refractivity (Wildman–Crippen MR) is 125 cm³/mol. The molecule has 0 spiro atoms. The Morgan fingerprint density at radius 2 is 2.03 bits per heavy atom. The number of anilines is 1. The number of primary amides is 1. The minimum Gasteiger partial charge on any atom is -0.482 e. The molecule has 12 heteroatoms. The molecule has 2 saturated heterocycles. The van der Waals surface area contributed by atoms with E-state index in [1.807, 2.05) is 0 Å². The molecular formula is C20H24ClN4O5PS. The van der Waals surface area contributed by atoms with Crippen LogP contribution in [0.5, 0.6) is 5.75 Å². The Hall–Kier alpha value is -2.42. The summed E-state index contributed by atoms with van der Waals surface area (Å²) in [5, 5.41) is 2.80. The number of piperidine rings is 1. The third-order valence-corrected chi connectivity index (χ3v) is 6.97. The number of hydrogen-bond donors (Lipinski definition) is 2. The summed E-state index contributed by atoms with van der Waals surface area (Å²) in [7, 11) is 0.381. The summed E-state index contributed by atoms with van der Waals surface area (Å²) in [6.07, 6.45) is 4.18. The molecule has 3 atom stereocenters. The number of carbonyl (C=O) groups excluding carboxylic acids is 3. The second kappa shape index (κ2) is 10.9. The first-order valence-electron chi connectivity index (χ1n) is 10.0. The zero-order chi connectivity index (χ0) is 23.3. The third-order valence-electron chi connectivity index (χ3n) is 5.48. The molecule has 3 N–H and O–H groups in total. The first-order chi connectivity index (χ1) is 15.3. The molecule has 0 radical (unpaired) electrons. The van der Waals surface area contributed by atoms with Gasteiger partial charge >= 0.3 is 12.1 Å². The fraction of sp³-hybridized carbons (Fsp3) is 0.450. The molecule has 2 aliphatic rings. The number of halogens is 1. The number of urea groups is 1. The average Bonchev–Trinajstić information content (AvgIpc) is 3.01. The van der Waals surface area contributed by atoms with Crippen molar-refractivity contribution in [2.45, 2.75) is 43.8 Å². The van der Waals surface area contributed by atoms with Gasteiger partial charge in [-0.3, -0.25) is 9.46 Å². The standard InChI is InChI=1S/C20H24ClN4O5PS/c1-2-7-29-20(28)24-13-4-5-14(24)10-15(9-13)25(31-32)18(26)11-30-17-6-3-12(21)8-16(17)23-19(22)27/h2-3,6,8,13-15H,1,4-5,7,9-11H2,(H3,22,23,27)/t13-,14+,15?. The summed E-state index contributed by atoms with van der Waals surface area (Å²) in [5.74, 6) is -0.0175. The molecule has 0 saturated carbocycles. The van der Waals surface area contributed by atoms with Gasteiger partial charge in [-0.05, 0) is 55.7 Å². The quantitative estimate of drug-likeness (QED) is 0.417. The fourth-order valence-corrected chi connectivity index (χ4v) is 5.55. The van der Waals surface area contributed by atoms with E-state index in [-0.39, 0.29) is 54.8 Å². The Bertz CT molecular complexity index is 906. The maximum absolute atomic E-state index is 12.9. The largest absolute Gasteiger partial charge is 0.482 e. The Morgan fingerprint density at radius 3 is 2.62 bits per heavy atom. The first kappa shape index (κ1) is 24.2. The van der Waals surface area contributed by atoms with Crippen LogP contribution in [-0.2, 0) is 21.3 Å². The molecule has 4 amide bonds. The zero-order valence-electron chi connectivity index (χ0n) is 17.2. The third kappa shape index (κ3) is 5.68. The van der Waals surface area contributed by atoms with Crippen LogP contribution >= 0.6 is 19.1 Å². The second-order valence-electron chi connectivity index (χ2n) is 7.52. The van der Waals surface area contributed by atoms with Crippen molar-refractivity contribution in [3.63, 3.8) is 0 Å². The number of carbonyl (C=O) groups is 3. The highest BCUT2D eigenvalue weighted by Crippen LogP contribution is 2.39. The maximum Gasteiger partial charge on any atom is 0.410 e. The molecule has 0 aliphatic carbocycles. The molecular weight excluding hydrogens is 475 g/mol. The van der Waals surface area contributed by atoms with Gasteiger partial charge in [0.1, 0.15) is 12.4 Å². The van der Waals surface area contributed by atoms with Crippen molar-refractivity contribution in [1.82, 2.24) is 9.57 Å². The number of rotatable bonds is 8. The van der Waals surface area contributed by atoms with Crippen molar-refractivity contribution in [2.75, 3.05) is 18.5 Å². The lowest BCUT2D eigenvalue weighted by Gasteiger charge is -2.40. The minimum absolute atomic E-state index is 0.00617. The number of nitrogens with one attached hydrogen (secondary N) is 1. The molecule has 2 bridgehead atoms. The van der Waals surface area contributed by atoms with E-state index < -0.39 is 6.03 Å². The normalized spacial score (nSPS) is 21.7. The molecule has 2 heterocycles. The number of ether oxygens (including phenoxy) is 2. The van der Waals surface area contributed by atoms with Crippen LogP contribution in [-0.4, -0.2) is 58.9 Å². The van der Waals surface area contributed by atoms with Gasteiger partial charge in [0, 0.05) is 23.1 Å². The second-order valence-corrected chi connectivity index (χ2v) is 9.04. The molecule has 3 rings (SSSR count). The average molecular weight is 499 g/mol. The van der Waals surface area contributed by atoms with Crippen molar-refractivity contribution in [3.05, 3.63) is 35.9 Å². The van der Waals surface area contributed by atoms with E-state index in [1.165, 1.54) is 12.1 Å². The van der Waals surface area contributed by atoms with Crippen molar-refractivity contribution >= 4 is 54.6 Å². The van der Waals surface area contributed by atoms with Crippen LogP contribution in [0.4, 0.5) is 15.3 Å². The van der Waals surface area contributed by atoms with Crippen LogP contribution < -0.4 is 15.8 Å². The summed E-state index contributed by atoms with van der Waals surface area (Å²) in [6, 6.07) is 3.74. The minimum atomic E-state index is -0.775. The van der Waals surface area contributed by atoms with Gasteiger partial charge in [0.05, 0.1) is 13.2 Å². The van der Waals surface area contributed by atoms with E-state index in [9.17, 15) is 14.4 Å². The maximum atomic E-state index is 12.9. The van der Waals surface area contributed by atoms with Crippen molar-refractivity contribution < 1.29 is 23.9 Å². The number of benzene rings is 1. The summed E-state index contributed by atoms with van der Waals surface area (Å²) in [6.45, 7) is 3.46. The van der Waals surface area contributed by atoms with E-state index in [1.54, 1.807) is 21.7 Å². The van der Waals surface area contributed by atoms with Crippen molar-refractivity contribution in [3.8, 4) is 5.75 Å². The van der Waals surface area contributed by atoms with Crippen LogP contribution in [0.15, 0.2) is 30.9 Å². The topological polar surface area (TPSA) is 114 Å². The van der Waals surface area contributed by atoms with E-state index in [0.29, 0.717) is 25.4 Å². The lowest BCUT2D eigenvalue weighted by atomic mass is 9.97. The summed E-state index contributed by atoms with van der Waals surface area (Å²) in [5.41, 5.74) is 5.45. The molecule has 1 aromatic carbocycles. The Balaban J connectivity index is 1.63. The van der Waals surface area contributed by atoms with Crippen LogP contribution in [0.1, 0.15) is 25.7 Å². The van der Waals surface area contributed by atoms with E-state index in [0.717, 1.165) is 12.8 Å². The van der Waals surface area contributed by atoms with E-state index in [4.69, 9.17) is 38.6 Å². The predicted octanol–water partition coefficient (Wildman–Crippen LogP) is 3.68. The Labute approximate surface area is 197 Å². The Morgan fingerprint density at radius 1 is 1.34 bits per heavy atom. The molecule has 1 unspecified atom stereocenters. The van der Waals surface area contributed by atoms with Crippen LogP contribution in [0.3, 0.4) is 0 Å². The van der Waals surface area contributed by atoms with Crippen molar-refractivity contribution in [2.24, 2.45) is 5.73 Å². The SMILES string of the molecule is C=CCOC(=O)N1[C@@H]2CC[C@H]1CC(N(P=S)C(=O)COc1ccc(Cl)cc1NC(N)=O)C2. The summed E-state index contributed by atoms with van der Waals surface area (Å²) < 4.78 is 12.4.